The Morgan fingerprint density at radius 2 is 1.59 bits per heavy atom. The number of carbonyl (C=O) groups excluding carboxylic acids is 1. The predicted molar refractivity (Wildman–Crippen MR) is 103 cm³/mol. The van der Waals surface area contributed by atoms with E-state index >= 15 is 0 Å². The number of amides is 1. The average molecular weight is 394 g/mol. The summed E-state index contributed by atoms with van der Waals surface area (Å²) in [6.07, 6.45) is 0. The van der Waals surface area contributed by atoms with Crippen LogP contribution in [0.5, 0.6) is 0 Å². The largest absolute Gasteiger partial charge is 0.332 e. The maximum Gasteiger partial charge on any atom is 0.332 e. The van der Waals surface area contributed by atoms with Gasteiger partial charge in [0.2, 0.25) is 5.91 Å². The lowest BCUT2D eigenvalue weighted by molar-refractivity contribution is -0.118. The summed E-state index contributed by atoms with van der Waals surface area (Å²) < 4.78 is 2.04. The molecule has 2 aliphatic heterocycles. The Morgan fingerprint density at radius 1 is 0.862 bits per heavy atom. The zero-order valence-electron chi connectivity index (χ0n) is 15.2. The van der Waals surface area contributed by atoms with E-state index in [-0.39, 0.29) is 22.8 Å². The number of hydrogen-bond acceptors (Lipinski definition) is 6. The van der Waals surface area contributed by atoms with Gasteiger partial charge in [-0.3, -0.25) is 33.5 Å². The number of rotatable bonds is 0. The third kappa shape index (κ3) is 1.83. The van der Waals surface area contributed by atoms with E-state index in [4.69, 9.17) is 0 Å². The molecule has 2 aliphatic rings. The first-order valence-electron chi connectivity index (χ1n) is 8.64. The van der Waals surface area contributed by atoms with E-state index in [2.05, 4.69) is 20.6 Å². The molecule has 1 aromatic carbocycles. The van der Waals surface area contributed by atoms with Gasteiger partial charge in [0.25, 0.3) is 11.1 Å². The summed E-state index contributed by atoms with van der Waals surface area (Å²) in [4.78, 5) is 68.5. The first-order valence-corrected chi connectivity index (χ1v) is 8.64. The summed E-state index contributed by atoms with van der Waals surface area (Å²) in [6.45, 7) is 0. The van der Waals surface area contributed by atoms with E-state index < -0.39 is 33.8 Å². The smallest absolute Gasteiger partial charge is 0.327 e. The molecular weight excluding hydrogens is 380 g/mol. The lowest BCUT2D eigenvalue weighted by atomic mass is 9.69. The molecular formula is C18H14N6O5. The van der Waals surface area contributed by atoms with Crippen LogP contribution in [0.4, 0.5) is 17.3 Å². The Labute approximate surface area is 160 Å². The molecule has 0 radical (unpaired) electrons. The average Bonchev–Trinajstić information content (AvgIpc) is 2.96. The highest BCUT2D eigenvalue weighted by Gasteiger charge is 2.58. The molecule has 11 heteroatoms. The summed E-state index contributed by atoms with van der Waals surface area (Å²) in [5.41, 5.74) is -4.19. The van der Waals surface area contributed by atoms with Crippen molar-refractivity contribution in [3.05, 3.63) is 82.6 Å². The molecule has 1 amide bonds. The molecule has 0 aliphatic carbocycles. The fourth-order valence-electron chi connectivity index (χ4n) is 4.26. The zero-order valence-corrected chi connectivity index (χ0v) is 15.2. The summed E-state index contributed by atoms with van der Waals surface area (Å²) >= 11 is 0. The molecule has 1 spiro atoms. The normalized spacial score (nSPS) is 18.6. The molecule has 11 nitrogen and oxygen atoms in total. The van der Waals surface area contributed by atoms with E-state index in [9.17, 15) is 24.0 Å². The Bertz CT molecular complexity index is 1490. The quantitative estimate of drug-likeness (QED) is 0.376. The Kier molecular flexibility index (Phi) is 3.06. The van der Waals surface area contributed by atoms with Gasteiger partial charge in [0, 0.05) is 25.3 Å². The molecule has 2 aromatic heterocycles. The fourth-order valence-corrected chi connectivity index (χ4v) is 4.26. The summed E-state index contributed by atoms with van der Waals surface area (Å²) in [7, 11) is 2.72. The molecule has 3 aromatic rings. The van der Waals surface area contributed by atoms with Gasteiger partial charge in [-0.25, -0.2) is 9.59 Å². The number of aromatic amines is 2. The summed E-state index contributed by atoms with van der Waals surface area (Å²) in [5, 5.41) is 5.51. The minimum absolute atomic E-state index is 0.0266. The monoisotopic (exact) mass is 394 g/mol. The van der Waals surface area contributed by atoms with Crippen LogP contribution in [-0.4, -0.2) is 25.0 Å². The van der Waals surface area contributed by atoms with Crippen molar-refractivity contribution in [1.82, 2.24) is 19.1 Å². The Hall–Kier alpha value is -4.15. The van der Waals surface area contributed by atoms with Gasteiger partial charge >= 0.3 is 11.4 Å². The molecule has 4 heterocycles. The van der Waals surface area contributed by atoms with Crippen LogP contribution in [0.25, 0.3) is 0 Å². The highest BCUT2D eigenvalue weighted by Crippen LogP contribution is 2.51. The molecule has 29 heavy (non-hydrogen) atoms. The second kappa shape index (κ2) is 5.22. The van der Waals surface area contributed by atoms with Crippen molar-refractivity contribution in [2.75, 3.05) is 10.6 Å². The van der Waals surface area contributed by atoms with Crippen molar-refractivity contribution in [1.29, 1.82) is 0 Å². The van der Waals surface area contributed by atoms with Gasteiger partial charge in [0.15, 0.2) is 0 Å². The summed E-state index contributed by atoms with van der Waals surface area (Å²) in [6, 6.07) is 6.66. The van der Waals surface area contributed by atoms with Crippen molar-refractivity contribution < 1.29 is 4.79 Å². The van der Waals surface area contributed by atoms with Crippen LogP contribution in [0.3, 0.4) is 0 Å². The first-order chi connectivity index (χ1) is 13.8. The van der Waals surface area contributed by atoms with Crippen LogP contribution in [0.2, 0.25) is 0 Å². The zero-order chi connectivity index (χ0) is 20.7. The van der Waals surface area contributed by atoms with Crippen LogP contribution in [0.15, 0.2) is 43.4 Å². The van der Waals surface area contributed by atoms with Crippen LogP contribution in [0.1, 0.15) is 16.7 Å². The van der Waals surface area contributed by atoms with Crippen molar-refractivity contribution >= 4 is 23.2 Å². The van der Waals surface area contributed by atoms with Gasteiger partial charge in [-0.1, -0.05) is 18.2 Å². The number of carbonyl (C=O) groups is 1. The van der Waals surface area contributed by atoms with E-state index in [0.717, 1.165) is 9.13 Å². The number of H-pyrrole nitrogens is 2. The van der Waals surface area contributed by atoms with Crippen LogP contribution >= 0.6 is 0 Å². The number of nitrogens with one attached hydrogen (secondary N) is 4. The van der Waals surface area contributed by atoms with Gasteiger partial charge in [-0.05, 0) is 6.07 Å². The summed E-state index contributed by atoms with van der Waals surface area (Å²) in [5.74, 6) is -0.656. The third-order valence-corrected chi connectivity index (χ3v) is 5.52. The number of fused-ring (bicyclic) bond motifs is 6. The van der Waals surface area contributed by atoms with Crippen molar-refractivity contribution in [2.24, 2.45) is 14.1 Å². The van der Waals surface area contributed by atoms with Gasteiger partial charge < -0.3 is 10.6 Å². The predicted octanol–water partition coefficient (Wildman–Crippen LogP) is -1.20. The number of anilines is 3. The maximum absolute atomic E-state index is 13.4. The molecule has 0 fully saturated rings. The Morgan fingerprint density at radius 3 is 2.34 bits per heavy atom. The fraction of sp³-hybridized carbons (Fsp3) is 0.167. The molecule has 1 atom stereocenters. The van der Waals surface area contributed by atoms with E-state index in [1.807, 2.05) is 0 Å². The van der Waals surface area contributed by atoms with Crippen LogP contribution in [0, 0.1) is 0 Å². The minimum Gasteiger partial charge on any atom is -0.327 e. The second-order valence-electron chi connectivity index (χ2n) is 6.96. The SMILES string of the molecule is Cn1c2c(c(=O)n(C)c1=O)C1(C(=O)Nc3ccccc31)c1c([nH]c(=O)[nH]c1=O)N2. The first kappa shape index (κ1) is 17.0. The molecule has 0 bridgehead atoms. The molecule has 0 saturated carbocycles. The molecule has 0 saturated heterocycles. The lowest BCUT2D eigenvalue weighted by Gasteiger charge is -2.35. The lowest BCUT2D eigenvalue weighted by Crippen LogP contribution is -2.53. The second-order valence-corrected chi connectivity index (χ2v) is 6.96. The van der Waals surface area contributed by atoms with Gasteiger partial charge in [0.05, 0.1) is 11.1 Å². The highest BCUT2D eigenvalue weighted by molar-refractivity contribution is 6.13. The topological polar surface area (TPSA) is 151 Å². The number of nitrogens with zero attached hydrogens (tertiary/aromatic N) is 2. The third-order valence-electron chi connectivity index (χ3n) is 5.52. The minimum atomic E-state index is -1.84. The van der Waals surface area contributed by atoms with Crippen LogP contribution in [-0.2, 0) is 24.3 Å². The molecule has 146 valence electrons. The number of aromatic nitrogens is 4. The van der Waals surface area contributed by atoms with Gasteiger partial charge in [-0.15, -0.1) is 0 Å². The Balaban J connectivity index is 2.10. The number of hydrogen-bond donors (Lipinski definition) is 4. The molecule has 5 rings (SSSR count). The van der Waals surface area contributed by atoms with Gasteiger partial charge in [0.1, 0.15) is 17.1 Å². The van der Waals surface area contributed by atoms with E-state index in [0.29, 0.717) is 11.3 Å². The van der Waals surface area contributed by atoms with E-state index in [1.54, 1.807) is 24.3 Å². The highest BCUT2D eigenvalue weighted by atomic mass is 16.2. The maximum atomic E-state index is 13.4. The molecule has 1 unspecified atom stereocenters. The molecule has 4 N–H and O–H groups in total. The van der Waals surface area contributed by atoms with E-state index in [1.165, 1.54) is 14.1 Å². The van der Waals surface area contributed by atoms with Gasteiger partial charge in [-0.2, -0.15) is 0 Å². The van der Waals surface area contributed by atoms with Crippen molar-refractivity contribution in [3.63, 3.8) is 0 Å². The van der Waals surface area contributed by atoms with Crippen molar-refractivity contribution in [3.8, 4) is 0 Å². The van der Waals surface area contributed by atoms with Crippen LogP contribution < -0.4 is 33.1 Å². The number of benzene rings is 1. The van der Waals surface area contributed by atoms with Crippen molar-refractivity contribution in [2.45, 2.75) is 5.41 Å². The number of para-hydroxylation sites is 1. The standard InChI is InChI=1S/C18H14N6O5/c1-23-12-10(14(26)24(2)17(23)29)18(7-5-3-4-6-8(7)19-15(18)27)9-11(20-12)21-16(28)22-13(9)25/h3-6H,1-2H3,(H,19,27)(H3,20,21,22,25,28).